The highest BCUT2D eigenvalue weighted by atomic mass is 19.1. The lowest BCUT2D eigenvalue weighted by atomic mass is 10.0. The van der Waals surface area contributed by atoms with Gasteiger partial charge in [-0.05, 0) is 37.5 Å². The summed E-state index contributed by atoms with van der Waals surface area (Å²) in [4.78, 5) is 11.6. The summed E-state index contributed by atoms with van der Waals surface area (Å²) in [6.45, 7) is 7.41. The zero-order valence-electron chi connectivity index (χ0n) is 12.6. The van der Waals surface area contributed by atoms with E-state index in [9.17, 15) is 9.18 Å². The van der Waals surface area contributed by atoms with Crippen molar-refractivity contribution in [3.63, 3.8) is 0 Å². The molecule has 0 aliphatic carbocycles. The fourth-order valence-electron chi connectivity index (χ4n) is 1.77. The van der Waals surface area contributed by atoms with Crippen molar-refractivity contribution in [1.82, 2.24) is 5.32 Å². The quantitative estimate of drug-likeness (QED) is 0.722. The van der Waals surface area contributed by atoms with Crippen molar-refractivity contribution in [2.24, 2.45) is 5.73 Å². The minimum Gasteiger partial charge on any atom is -0.478 e. The van der Waals surface area contributed by atoms with E-state index in [0.29, 0.717) is 13.0 Å². The molecule has 0 saturated carbocycles. The number of amides is 1. The van der Waals surface area contributed by atoms with E-state index in [-0.39, 0.29) is 17.7 Å². The van der Waals surface area contributed by atoms with Gasteiger partial charge in [0.1, 0.15) is 0 Å². The maximum absolute atomic E-state index is 14.0. The first-order valence-electron chi connectivity index (χ1n) is 7.07. The Kier molecular flexibility index (Phi) is 6.88. The van der Waals surface area contributed by atoms with Crippen molar-refractivity contribution in [3.8, 4) is 5.75 Å². The van der Waals surface area contributed by atoms with Crippen molar-refractivity contribution in [2.75, 3.05) is 6.54 Å². The number of ether oxygens (including phenoxy) is 1. The Labute approximate surface area is 125 Å². The average molecular weight is 294 g/mol. The van der Waals surface area contributed by atoms with Crippen molar-refractivity contribution >= 4 is 5.91 Å². The molecule has 0 bridgehead atoms. The summed E-state index contributed by atoms with van der Waals surface area (Å²) in [6.07, 6.45) is 2.24. The number of nitrogens with two attached hydrogens (primary N) is 1. The summed E-state index contributed by atoms with van der Waals surface area (Å²) in [5.74, 6) is -0.740. The Balaban J connectivity index is 2.67. The number of hydrogen-bond acceptors (Lipinski definition) is 3. The highest BCUT2D eigenvalue weighted by Gasteiger charge is 2.16. The molecule has 2 atom stereocenters. The van der Waals surface area contributed by atoms with Gasteiger partial charge in [-0.2, -0.15) is 0 Å². The molecule has 3 N–H and O–H groups in total. The molecule has 0 aromatic heterocycles. The van der Waals surface area contributed by atoms with E-state index in [1.165, 1.54) is 12.1 Å². The largest absolute Gasteiger partial charge is 0.478 e. The van der Waals surface area contributed by atoms with E-state index < -0.39 is 11.9 Å². The molecule has 0 spiro atoms. The molecule has 0 fully saturated rings. The van der Waals surface area contributed by atoms with E-state index >= 15 is 0 Å². The maximum Gasteiger partial charge on any atom is 0.261 e. The van der Waals surface area contributed by atoms with Crippen LogP contribution in [-0.4, -0.2) is 24.6 Å². The Morgan fingerprint density at radius 3 is 2.86 bits per heavy atom. The third-order valence-corrected chi connectivity index (χ3v) is 3.11. The number of halogens is 1. The molecule has 1 amide bonds. The highest BCUT2D eigenvalue weighted by molar-refractivity contribution is 5.80. The van der Waals surface area contributed by atoms with Gasteiger partial charge in [-0.25, -0.2) is 4.39 Å². The molecule has 1 rings (SSSR count). The maximum atomic E-state index is 14.0. The molecule has 2 unspecified atom stereocenters. The molecule has 0 aliphatic rings. The van der Waals surface area contributed by atoms with Crippen LogP contribution in [0.25, 0.3) is 0 Å². The van der Waals surface area contributed by atoms with Gasteiger partial charge in [0.05, 0.1) is 0 Å². The second-order valence-electron chi connectivity index (χ2n) is 4.93. The van der Waals surface area contributed by atoms with Crippen LogP contribution < -0.4 is 15.8 Å². The zero-order valence-corrected chi connectivity index (χ0v) is 12.6. The molecule has 0 saturated heterocycles. The first kappa shape index (κ1) is 17.2. The van der Waals surface area contributed by atoms with E-state index in [2.05, 4.69) is 11.9 Å². The normalized spacial score (nSPS) is 13.3. The number of rotatable bonds is 8. The summed E-state index contributed by atoms with van der Waals surface area (Å²) in [5.41, 5.74) is 6.66. The summed E-state index contributed by atoms with van der Waals surface area (Å²) in [7, 11) is 0. The van der Waals surface area contributed by atoms with Gasteiger partial charge in [0.15, 0.2) is 17.7 Å². The second-order valence-corrected chi connectivity index (χ2v) is 4.93. The van der Waals surface area contributed by atoms with Gasteiger partial charge >= 0.3 is 0 Å². The van der Waals surface area contributed by atoms with Crippen molar-refractivity contribution < 1.29 is 13.9 Å². The Morgan fingerprint density at radius 1 is 1.57 bits per heavy atom. The topological polar surface area (TPSA) is 64.3 Å². The molecule has 5 heteroatoms. The van der Waals surface area contributed by atoms with Gasteiger partial charge in [0.25, 0.3) is 5.91 Å². The third kappa shape index (κ3) is 5.55. The summed E-state index contributed by atoms with van der Waals surface area (Å²) in [5, 5.41) is 2.60. The number of benzene rings is 1. The first-order chi connectivity index (χ1) is 9.97. The summed E-state index contributed by atoms with van der Waals surface area (Å²) in [6, 6.07) is 4.71. The van der Waals surface area contributed by atoms with Crippen LogP contribution in [0.5, 0.6) is 5.75 Å². The summed E-state index contributed by atoms with van der Waals surface area (Å²) >= 11 is 0. The molecule has 0 heterocycles. The molecule has 4 nitrogen and oxygen atoms in total. The van der Waals surface area contributed by atoms with Crippen molar-refractivity contribution in [1.29, 1.82) is 0 Å². The second kappa shape index (κ2) is 8.42. The molecule has 0 radical (unpaired) electrons. The SMILES string of the molecule is C=CCNC(=O)C(C)Oc1ccc(CC(N)CC)cc1F. The molecule has 0 aliphatic heterocycles. The number of hydrogen-bond donors (Lipinski definition) is 2. The third-order valence-electron chi connectivity index (χ3n) is 3.11. The van der Waals surface area contributed by atoms with Crippen LogP contribution >= 0.6 is 0 Å². The molecule has 1 aromatic carbocycles. The molecular formula is C16H23FN2O2. The highest BCUT2D eigenvalue weighted by Crippen LogP contribution is 2.20. The first-order valence-corrected chi connectivity index (χ1v) is 7.07. The van der Waals surface area contributed by atoms with Crippen LogP contribution in [0.1, 0.15) is 25.8 Å². The van der Waals surface area contributed by atoms with Crippen molar-refractivity contribution in [2.45, 2.75) is 38.8 Å². The molecule has 1 aromatic rings. The lowest BCUT2D eigenvalue weighted by Crippen LogP contribution is -2.36. The summed E-state index contributed by atoms with van der Waals surface area (Å²) < 4.78 is 19.3. The predicted molar refractivity (Wildman–Crippen MR) is 81.7 cm³/mol. The fourth-order valence-corrected chi connectivity index (χ4v) is 1.77. The van der Waals surface area contributed by atoms with Crippen LogP contribution in [0, 0.1) is 5.82 Å². The van der Waals surface area contributed by atoms with Crippen molar-refractivity contribution in [3.05, 3.63) is 42.2 Å². The minimum absolute atomic E-state index is 0.0137. The van der Waals surface area contributed by atoms with Gasteiger partial charge in [-0.15, -0.1) is 6.58 Å². The predicted octanol–water partition coefficient (Wildman–Crippen LogP) is 2.17. The average Bonchev–Trinajstić information content (AvgIpc) is 2.47. The smallest absolute Gasteiger partial charge is 0.261 e. The number of carbonyl (C=O) groups is 1. The van der Waals surface area contributed by atoms with Crippen LogP contribution in [-0.2, 0) is 11.2 Å². The van der Waals surface area contributed by atoms with Crippen LogP contribution in [0.3, 0.4) is 0 Å². The van der Waals surface area contributed by atoms with Gasteiger partial charge < -0.3 is 15.8 Å². The molecule has 116 valence electrons. The van der Waals surface area contributed by atoms with Gasteiger partial charge in [-0.1, -0.05) is 19.1 Å². The Bertz CT molecular complexity index is 491. The van der Waals surface area contributed by atoms with E-state index in [4.69, 9.17) is 10.5 Å². The molecular weight excluding hydrogens is 271 g/mol. The van der Waals surface area contributed by atoms with Crippen LogP contribution in [0.15, 0.2) is 30.9 Å². The van der Waals surface area contributed by atoms with Crippen LogP contribution in [0.4, 0.5) is 4.39 Å². The Morgan fingerprint density at radius 2 is 2.29 bits per heavy atom. The zero-order chi connectivity index (χ0) is 15.8. The monoisotopic (exact) mass is 294 g/mol. The van der Waals surface area contributed by atoms with Gasteiger partial charge in [0, 0.05) is 12.6 Å². The lowest BCUT2D eigenvalue weighted by Gasteiger charge is -2.15. The molecule has 21 heavy (non-hydrogen) atoms. The van der Waals surface area contributed by atoms with Gasteiger partial charge in [-0.3, -0.25) is 4.79 Å². The standard InChI is InChI=1S/C16H23FN2O2/c1-4-8-19-16(20)11(3)21-15-7-6-12(10-14(15)17)9-13(18)5-2/h4,6-7,10-11,13H,1,5,8-9,18H2,2-3H3,(H,19,20). The Hall–Kier alpha value is -1.88. The van der Waals surface area contributed by atoms with E-state index in [1.54, 1.807) is 19.1 Å². The lowest BCUT2D eigenvalue weighted by molar-refractivity contribution is -0.127. The number of carbonyl (C=O) groups excluding carboxylic acids is 1. The van der Waals surface area contributed by atoms with E-state index in [0.717, 1.165) is 12.0 Å². The van der Waals surface area contributed by atoms with E-state index in [1.807, 2.05) is 6.92 Å². The minimum atomic E-state index is -0.775. The number of nitrogens with one attached hydrogen (secondary N) is 1. The van der Waals surface area contributed by atoms with Gasteiger partial charge in [0.2, 0.25) is 0 Å². The van der Waals surface area contributed by atoms with Crippen LogP contribution in [0.2, 0.25) is 0 Å². The fraction of sp³-hybridized carbons (Fsp3) is 0.438.